The molecule has 134 valence electrons. The van der Waals surface area contributed by atoms with Crippen LogP contribution in [0, 0.1) is 0 Å². The highest BCUT2D eigenvalue weighted by atomic mass is 16.5. The molecule has 0 aliphatic heterocycles. The summed E-state index contributed by atoms with van der Waals surface area (Å²) in [4.78, 5) is 30.1. The summed E-state index contributed by atoms with van der Waals surface area (Å²) in [5.74, 6) is 0.584. The number of amides is 1. The van der Waals surface area contributed by atoms with E-state index in [2.05, 4.69) is 10.1 Å². The fourth-order valence-electron chi connectivity index (χ4n) is 2.15. The van der Waals surface area contributed by atoms with Gasteiger partial charge in [0.1, 0.15) is 5.75 Å². The third-order valence-corrected chi connectivity index (χ3v) is 3.51. The van der Waals surface area contributed by atoms with Crippen LogP contribution >= 0.6 is 0 Å². The summed E-state index contributed by atoms with van der Waals surface area (Å²) in [5, 5.41) is 3.87. The standard InChI is InChI=1S/C17H21N3O5/c1-10(2)15-18-14(19-25-15)9-20(3)16(21)11-6-12(17(22)24-5)8-13(7-11)23-4/h6-8,10H,9H2,1-5H3. The number of ether oxygens (including phenoxy) is 2. The van der Waals surface area contributed by atoms with Crippen molar-refractivity contribution in [3.8, 4) is 5.75 Å². The lowest BCUT2D eigenvalue weighted by Crippen LogP contribution is -2.27. The molecule has 1 aromatic carbocycles. The lowest BCUT2D eigenvalue weighted by Gasteiger charge is -2.16. The maximum Gasteiger partial charge on any atom is 0.338 e. The Bertz CT molecular complexity index is 769. The lowest BCUT2D eigenvalue weighted by atomic mass is 10.1. The number of benzene rings is 1. The summed E-state index contributed by atoms with van der Waals surface area (Å²) in [5.41, 5.74) is 0.537. The van der Waals surface area contributed by atoms with Crippen LogP contribution in [0.25, 0.3) is 0 Å². The molecule has 1 aromatic heterocycles. The van der Waals surface area contributed by atoms with Gasteiger partial charge in [-0.2, -0.15) is 4.98 Å². The number of rotatable bonds is 6. The maximum atomic E-state index is 12.7. The van der Waals surface area contributed by atoms with Crippen LogP contribution in [0.2, 0.25) is 0 Å². The molecule has 8 nitrogen and oxygen atoms in total. The van der Waals surface area contributed by atoms with Crippen LogP contribution in [-0.4, -0.2) is 48.2 Å². The van der Waals surface area contributed by atoms with Gasteiger partial charge in [0.15, 0.2) is 5.82 Å². The first kappa shape index (κ1) is 18.4. The molecule has 8 heteroatoms. The van der Waals surface area contributed by atoms with E-state index in [-0.39, 0.29) is 23.9 Å². The highest BCUT2D eigenvalue weighted by molar-refractivity contribution is 5.98. The number of hydrogen-bond acceptors (Lipinski definition) is 7. The van der Waals surface area contributed by atoms with Gasteiger partial charge in [-0.15, -0.1) is 0 Å². The Hall–Kier alpha value is -2.90. The van der Waals surface area contributed by atoms with Gasteiger partial charge in [-0.05, 0) is 18.2 Å². The fraction of sp³-hybridized carbons (Fsp3) is 0.412. The van der Waals surface area contributed by atoms with E-state index in [1.54, 1.807) is 13.1 Å². The number of methoxy groups -OCH3 is 2. The van der Waals surface area contributed by atoms with E-state index in [0.29, 0.717) is 23.0 Å². The predicted octanol–water partition coefficient (Wildman–Crippen LogP) is 2.26. The summed E-state index contributed by atoms with van der Waals surface area (Å²) in [6, 6.07) is 4.53. The Morgan fingerprint density at radius 3 is 2.44 bits per heavy atom. The van der Waals surface area contributed by atoms with Crippen LogP contribution in [0.1, 0.15) is 52.2 Å². The molecule has 0 spiro atoms. The molecular formula is C17H21N3O5. The quantitative estimate of drug-likeness (QED) is 0.740. The van der Waals surface area contributed by atoms with Crippen molar-refractivity contribution in [1.29, 1.82) is 0 Å². The molecule has 0 aliphatic rings. The van der Waals surface area contributed by atoms with Crippen LogP contribution < -0.4 is 4.74 Å². The van der Waals surface area contributed by atoms with E-state index >= 15 is 0 Å². The molecule has 0 bridgehead atoms. The van der Waals surface area contributed by atoms with Gasteiger partial charge < -0.3 is 18.9 Å². The van der Waals surface area contributed by atoms with E-state index in [1.165, 1.54) is 31.3 Å². The maximum absolute atomic E-state index is 12.7. The third kappa shape index (κ3) is 4.34. The average molecular weight is 347 g/mol. The highest BCUT2D eigenvalue weighted by Crippen LogP contribution is 2.20. The van der Waals surface area contributed by atoms with Crippen molar-refractivity contribution in [3.05, 3.63) is 41.0 Å². The summed E-state index contributed by atoms with van der Waals surface area (Å²) in [6.07, 6.45) is 0. The van der Waals surface area contributed by atoms with Crippen molar-refractivity contribution in [2.45, 2.75) is 26.3 Å². The van der Waals surface area contributed by atoms with Crippen LogP contribution in [0.5, 0.6) is 5.75 Å². The van der Waals surface area contributed by atoms with Crippen molar-refractivity contribution in [1.82, 2.24) is 15.0 Å². The van der Waals surface area contributed by atoms with Crippen LogP contribution in [-0.2, 0) is 11.3 Å². The number of esters is 1. The van der Waals surface area contributed by atoms with Gasteiger partial charge in [0, 0.05) is 18.5 Å². The van der Waals surface area contributed by atoms with E-state index in [1.807, 2.05) is 13.8 Å². The minimum atomic E-state index is -0.546. The monoisotopic (exact) mass is 347 g/mol. The molecule has 0 saturated carbocycles. The predicted molar refractivity (Wildman–Crippen MR) is 88.5 cm³/mol. The first-order chi connectivity index (χ1) is 11.8. The zero-order chi connectivity index (χ0) is 18.6. The van der Waals surface area contributed by atoms with Crippen molar-refractivity contribution < 1.29 is 23.6 Å². The molecule has 0 N–H and O–H groups in total. The second-order valence-electron chi connectivity index (χ2n) is 5.81. The van der Waals surface area contributed by atoms with Gasteiger partial charge in [-0.3, -0.25) is 4.79 Å². The van der Waals surface area contributed by atoms with E-state index in [0.717, 1.165) is 0 Å². The minimum absolute atomic E-state index is 0.114. The molecule has 0 aliphatic carbocycles. The fourth-order valence-corrected chi connectivity index (χ4v) is 2.15. The van der Waals surface area contributed by atoms with Crippen LogP contribution in [0.3, 0.4) is 0 Å². The number of hydrogen-bond donors (Lipinski definition) is 0. The van der Waals surface area contributed by atoms with E-state index in [4.69, 9.17) is 14.0 Å². The Morgan fingerprint density at radius 2 is 1.88 bits per heavy atom. The van der Waals surface area contributed by atoms with Gasteiger partial charge in [0.2, 0.25) is 5.89 Å². The Balaban J connectivity index is 2.21. The molecule has 1 amide bonds. The average Bonchev–Trinajstić information content (AvgIpc) is 3.08. The smallest absolute Gasteiger partial charge is 0.338 e. The first-order valence-corrected chi connectivity index (χ1v) is 7.71. The summed E-state index contributed by atoms with van der Waals surface area (Å²) in [6.45, 7) is 4.06. The van der Waals surface area contributed by atoms with E-state index in [9.17, 15) is 9.59 Å². The SMILES string of the molecule is COC(=O)c1cc(OC)cc(C(=O)N(C)Cc2noc(C(C)C)n2)c1. The minimum Gasteiger partial charge on any atom is -0.497 e. The Morgan fingerprint density at radius 1 is 1.20 bits per heavy atom. The number of nitrogens with zero attached hydrogens (tertiary/aromatic N) is 3. The third-order valence-electron chi connectivity index (χ3n) is 3.51. The Labute approximate surface area is 145 Å². The molecule has 0 unspecified atom stereocenters. The lowest BCUT2D eigenvalue weighted by molar-refractivity contribution is 0.0600. The summed E-state index contributed by atoms with van der Waals surface area (Å²) in [7, 11) is 4.35. The second kappa shape index (κ2) is 7.78. The molecule has 2 aromatic rings. The topological polar surface area (TPSA) is 94.8 Å². The molecule has 25 heavy (non-hydrogen) atoms. The van der Waals surface area contributed by atoms with Crippen LogP contribution in [0.15, 0.2) is 22.7 Å². The largest absolute Gasteiger partial charge is 0.497 e. The molecule has 0 fully saturated rings. The molecular weight excluding hydrogens is 326 g/mol. The molecule has 2 rings (SSSR count). The van der Waals surface area contributed by atoms with Gasteiger partial charge in [-0.1, -0.05) is 19.0 Å². The van der Waals surface area contributed by atoms with E-state index < -0.39 is 5.97 Å². The number of carbonyl (C=O) groups is 2. The summed E-state index contributed by atoms with van der Waals surface area (Å²) < 4.78 is 15.0. The summed E-state index contributed by atoms with van der Waals surface area (Å²) >= 11 is 0. The van der Waals surface area contributed by atoms with Crippen molar-refractivity contribution in [3.63, 3.8) is 0 Å². The van der Waals surface area contributed by atoms with Crippen molar-refractivity contribution in [2.75, 3.05) is 21.3 Å². The number of aromatic nitrogens is 2. The van der Waals surface area contributed by atoms with Crippen molar-refractivity contribution >= 4 is 11.9 Å². The molecule has 1 heterocycles. The molecule has 0 saturated heterocycles. The van der Waals surface area contributed by atoms with Gasteiger partial charge in [0.05, 0.1) is 26.3 Å². The van der Waals surface area contributed by atoms with Gasteiger partial charge in [0.25, 0.3) is 5.91 Å². The second-order valence-corrected chi connectivity index (χ2v) is 5.81. The zero-order valence-electron chi connectivity index (χ0n) is 14.9. The van der Waals surface area contributed by atoms with Crippen molar-refractivity contribution in [2.24, 2.45) is 0 Å². The van der Waals surface area contributed by atoms with Gasteiger partial charge in [-0.25, -0.2) is 4.79 Å². The first-order valence-electron chi connectivity index (χ1n) is 7.71. The zero-order valence-corrected chi connectivity index (χ0v) is 14.9. The number of carbonyl (C=O) groups excluding carboxylic acids is 2. The molecule has 0 radical (unpaired) electrons. The van der Waals surface area contributed by atoms with Gasteiger partial charge >= 0.3 is 5.97 Å². The highest BCUT2D eigenvalue weighted by Gasteiger charge is 2.19. The van der Waals surface area contributed by atoms with Crippen LogP contribution in [0.4, 0.5) is 0 Å². The molecule has 0 atom stereocenters. The Kier molecular flexibility index (Phi) is 5.74. The normalized spacial score (nSPS) is 10.6.